The molecule has 7 heteroatoms. The normalized spacial score (nSPS) is 14.4. The lowest BCUT2D eigenvalue weighted by Gasteiger charge is -2.16. The fourth-order valence-electron chi connectivity index (χ4n) is 1.78. The Morgan fingerprint density at radius 3 is 3.00 bits per heavy atom. The molecule has 6 nitrogen and oxygen atoms in total. The first-order chi connectivity index (χ1) is 8.54. The van der Waals surface area contributed by atoms with Gasteiger partial charge in [0.1, 0.15) is 10.2 Å². The Labute approximate surface area is 112 Å². The lowest BCUT2D eigenvalue weighted by molar-refractivity contribution is -0.137. The molecule has 98 valence electrons. The molecule has 0 fully saturated rings. The third-order valence-electron chi connectivity index (χ3n) is 2.59. The van der Waals surface area contributed by atoms with E-state index in [0.717, 1.165) is 0 Å². The van der Waals surface area contributed by atoms with Gasteiger partial charge in [0.15, 0.2) is 11.5 Å². The van der Waals surface area contributed by atoms with Crippen LogP contribution in [0.5, 0.6) is 17.2 Å². The van der Waals surface area contributed by atoms with Crippen LogP contribution in [0.3, 0.4) is 0 Å². The standard InChI is InChI=1S/C11H12BrNO5/c1-16-10-5(6(13)3-8(14)15)2-7-11(9(10)12)18-4-17-7/h2,6H,3-4,13H2,1H3,(H,14,15). The third-order valence-corrected chi connectivity index (χ3v) is 3.31. The molecule has 1 atom stereocenters. The summed E-state index contributed by atoms with van der Waals surface area (Å²) in [5.74, 6) is 0.558. The monoisotopic (exact) mass is 317 g/mol. The summed E-state index contributed by atoms with van der Waals surface area (Å²) in [6, 6.07) is 0.975. The van der Waals surface area contributed by atoms with Crippen LogP contribution in [-0.4, -0.2) is 25.0 Å². The second kappa shape index (κ2) is 5.03. The zero-order chi connectivity index (χ0) is 13.3. The van der Waals surface area contributed by atoms with Crippen molar-refractivity contribution < 1.29 is 24.1 Å². The van der Waals surface area contributed by atoms with E-state index in [4.69, 9.17) is 25.1 Å². The van der Waals surface area contributed by atoms with E-state index in [0.29, 0.717) is 27.3 Å². The van der Waals surface area contributed by atoms with E-state index in [2.05, 4.69) is 15.9 Å². The topological polar surface area (TPSA) is 91.0 Å². The maximum atomic E-state index is 10.7. The molecular formula is C11H12BrNO5. The van der Waals surface area contributed by atoms with Gasteiger partial charge in [-0.2, -0.15) is 0 Å². The van der Waals surface area contributed by atoms with E-state index in [9.17, 15) is 4.79 Å². The lowest BCUT2D eigenvalue weighted by Crippen LogP contribution is -2.16. The van der Waals surface area contributed by atoms with E-state index in [1.807, 2.05) is 0 Å². The Morgan fingerprint density at radius 2 is 2.39 bits per heavy atom. The molecule has 0 spiro atoms. The maximum absolute atomic E-state index is 10.7. The van der Waals surface area contributed by atoms with Crippen LogP contribution in [0.2, 0.25) is 0 Å². The van der Waals surface area contributed by atoms with Gasteiger partial charge in [0, 0.05) is 11.6 Å². The number of hydrogen-bond acceptors (Lipinski definition) is 5. The summed E-state index contributed by atoms with van der Waals surface area (Å²) in [6.45, 7) is 0.120. The number of halogens is 1. The largest absolute Gasteiger partial charge is 0.495 e. The van der Waals surface area contributed by atoms with Crippen LogP contribution in [0.25, 0.3) is 0 Å². The lowest BCUT2D eigenvalue weighted by atomic mass is 10.0. The molecule has 0 aliphatic carbocycles. The smallest absolute Gasteiger partial charge is 0.305 e. The number of ether oxygens (including phenoxy) is 3. The minimum atomic E-state index is -0.974. The van der Waals surface area contributed by atoms with Gasteiger partial charge in [-0.25, -0.2) is 0 Å². The first-order valence-electron chi connectivity index (χ1n) is 5.18. The first kappa shape index (κ1) is 13.0. The number of nitrogens with two attached hydrogens (primary N) is 1. The number of carboxylic acids is 1. The fourth-order valence-corrected chi connectivity index (χ4v) is 2.49. The predicted octanol–water partition coefficient (Wildman–Crippen LogP) is 1.66. The zero-order valence-corrected chi connectivity index (χ0v) is 11.2. The fraction of sp³-hybridized carbons (Fsp3) is 0.364. The molecule has 1 aromatic carbocycles. The number of carboxylic acid groups (broad SMARTS) is 1. The molecule has 1 unspecified atom stereocenters. The minimum absolute atomic E-state index is 0.120. The van der Waals surface area contributed by atoms with Gasteiger partial charge in [-0.15, -0.1) is 0 Å². The highest BCUT2D eigenvalue weighted by Crippen LogP contribution is 2.48. The SMILES string of the molecule is COc1c(C(N)CC(=O)O)cc2c(c1Br)OCO2. The van der Waals surface area contributed by atoms with E-state index >= 15 is 0 Å². The first-order valence-corrected chi connectivity index (χ1v) is 5.97. The number of carbonyl (C=O) groups is 1. The van der Waals surface area contributed by atoms with Crippen molar-refractivity contribution in [3.63, 3.8) is 0 Å². The molecule has 3 N–H and O–H groups in total. The molecule has 2 rings (SSSR count). The highest BCUT2D eigenvalue weighted by molar-refractivity contribution is 9.10. The van der Waals surface area contributed by atoms with E-state index in [1.54, 1.807) is 6.07 Å². The van der Waals surface area contributed by atoms with Crippen LogP contribution in [0.15, 0.2) is 10.5 Å². The molecule has 0 bridgehead atoms. The number of benzene rings is 1. The number of fused-ring (bicyclic) bond motifs is 1. The van der Waals surface area contributed by atoms with Crippen LogP contribution in [0, 0.1) is 0 Å². The van der Waals surface area contributed by atoms with Crippen molar-refractivity contribution in [2.45, 2.75) is 12.5 Å². The summed E-state index contributed by atoms with van der Waals surface area (Å²) >= 11 is 3.34. The van der Waals surface area contributed by atoms with Crippen LogP contribution in [-0.2, 0) is 4.79 Å². The highest BCUT2D eigenvalue weighted by atomic mass is 79.9. The summed E-state index contributed by atoms with van der Waals surface area (Å²) in [4.78, 5) is 10.7. The van der Waals surface area contributed by atoms with E-state index in [1.165, 1.54) is 7.11 Å². The average molecular weight is 318 g/mol. The van der Waals surface area contributed by atoms with Crippen molar-refractivity contribution in [3.8, 4) is 17.2 Å². The van der Waals surface area contributed by atoms with Gasteiger partial charge in [-0.05, 0) is 22.0 Å². The summed E-state index contributed by atoms with van der Waals surface area (Å²) in [5.41, 5.74) is 6.42. The van der Waals surface area contributed by atoms with Gasteiger partial charge in [-0.1, -0.05) is 0 Å². The predicted molar refractivity (Wildman–Crippen MR) is 66.0 cm³/mol. The number of hydrogen-bond donors (Lipinski definition) is 2. The Balaban J connectivity index is 2.46. The molecule has 18 heavy (non-hydrogen) atoms. The molecule has 0 aromatic heterocycles. The van der Waals surface area contributed by atoms with Gasteiger partial charge < -0.3 is 25.1 Å². The van der Waals surface area contributed by atoms with Crippen molar-refractivity contribution >= 4 is 21.9 Å². The summed E-state index contributed by atoms with van der Waals surface area (Å²) in [6.07, 6.45) is -0.192. The van der Waals surface area contributed by atoms with Crippen molar-refractivity contribution in [3.05, 3.63) is 16.1 Å². The van der Waals surface area contributed by atoms with Gasteiger partial charge in [0.05, 0.1) is 13.5 Å². The molecule has 0 radical (unpaired) electrons. The van der Waals surface area contributed by atoms with Crippen molar-refractivity contribution in [2.24, 2.45) is 5.73 Å². The van der Waals surface area contributed by atoms with Crippen molar-refractivity contribution in [1.82, 2.24) is 0 Å². The Morgan fingerprint density at radius 1 is 1.67 bits per heavy atom. The quantitative estimate of drug-likeness (QED) is 0.877. The average Bonchev–Trinajstić information content (AvgIpc) is 2.76. The third kappa shape index (κ3) is 2.23. The second-order valence-corrected chi connectivity index (χ2v) is 4.54. The Hall–Kier alpha value is -1.47. The van der Waals surface area contributed by atoms with Crippen LogP contribution < -0.4 is 19.9 Å². The maximum Gasteiger partial charge on any atom is 0.305 e. The molecule has 0 saturated carbocycles. The highest BCUT2D eigenvalue weighted by Gasteiger charge is 2.26. The van der Waals surface area contributed by atoms with Crippen LogP contribution in [0.1, 0.15) is 18.0 Å². The van der Waals surface area contributed by atoms with Crippen LogP contribution >= 0.6 is 15.9 Å². The molecular weight excluding hydrogens is 306 g/mol. The van der Waals surface area contributed by atoms with Gasteiger partial charge in [0.2, 0.25) is 6.79 Å². The Bertz CT molecular complexity index is 491. The van der Waals surface area contributed by atoms with E-state index in [-0.39, 0.29) is 13.2 Å². The van der Waals surface area contributed by atoms with Gasteiger partial charge >= 0.3 is 5.97 Å². The summed E-state index contributed by atoms with van der Waals surface area (Å²) in [5, 5.41) is 8.78. The second-order valence-electron chi connectivity index (χ2n) is 3.75. The number of aliphatic carboxylic acids is 1. The summed E-state index contributed by atoms with van der Waals surface area (Å²) < 4.78 is 16.4. The molecule has 1 aliphatic rings. The molecule has 1 aromatic rings. The number of rotatable bonds is 4. The summed E-state index contributed by atoms with van der Waals surface area (Å²) in [7, 11) is 1.49. The van der Waals surface area contributed by atoms with Gasteiger partial charge in [0.25, 0.3) is 0 Å². The molecule has 0 saturated heterocycles. The van der Waals surface area contributed by atoms with Crippen molar-refractivity contribution in [2.75, 3.05) is 13.9 Å². The Kier molecular flexibility index (Phi) is 3.63. The van der Waals surface area contributed by atoms with Gasteiger partial charge in [-0.3, -0.25) is 4.79 Å². The molecule has 1 heterocycles. The minimum Gasteiger partial charge on any atom is -0.495 e. The van der Waals surface area contributed by atoms with Crippen LogP contribution in [0.4, 0.5) is 0 Å². The molecule has 0 amide bonds. The number of methoxy groups -OCH3 is 1. The molecule has 1 aliphatic heterocycles. The zero-order valence-electron chi connectivity index (χ0n) is 9.60. The van der Waals surface area contributed by atoms with Crippen molar-refractivity contribution in [1.29, 1.82) is 0 Å². The van der Waals surface area contributed by atoms with E-state index < -0.39 is 12.0 Å².